The second-order valence-electron chi connectivity index (χ2n) is 7.41. The first-order valence-electron chi connectivity index (χ1n) is 10.3. The maximum Gasteiger partial charge on any atom is 0.415 e. The number of carbonyl (C=O) groups excluding carboxylic acids is 2. The van der Waals surface area contributed by atoms with E-state index < -0.39 is 24.1 Å². The summed E-state index contributed by atoms with van der Waals surface area (Å²) in [5.41, 5.74) is 6.84. The number of carboxylic acid groups (broad SMARTS) is 1. The van der Waals surface area contributed by atoms with Gasteiger partial charge >= 0.3 is 12.1 Å². The average molecular weight is 459 g/mol. The molecule has 10 heteroatoms. The molecule has 4 aromatic rings. The minimum Gasteiger partial charge on any atom is -0.464 e. The van der Waals surface area contributed by atoms with Crippen molar-refractivity contribution in [2.45, 2.75) is 12.5 Å². The number of hydrogen-bond donors (Lipinski definition) is 4. The first-order chi connectivity index (χ1) is 16.4. The van der Waals surface area contributed by atoms with Crippen LogP contribution < -0.4 is 21.1 Å². The zero-order chi connectivity index (χ0) is 24.1. The predicted molar refractivity (Wildman–Crippen MR) is 125 cm³/mol. The summed E-state index contributed by atoms with van der Waals surface area (Å²) in [7, 11) is 0. The SMILES string of the molecule is NC(=O)[C@H](Cc1ccccc1)NC(=O)Nc1cc(Oc2ccc3c(ccn3C(=O)O)c2)ccn1. The van der Waals surface area contributed by atoms with E-state index in [0.29, 0.717) is 22.4 Å². The lowest BCUT2D eigenvalue weighted by atomic mass is 10.1. The largest absolute Gasteiger partial charge is 0.464 e. The van der Waals surface area contributed by atoms with Crippen molar-refractivity contribution in [2.24, 2.45) is 5.73 Å². The molecule has 0 aliphatic rings. The third kappa shape index (κ3) is 5.30. The lowest BCUT2D eigenvalue weighted by Gasteiger charge is -2.16. The number of primary amides is 1. The highest BCUT2D eigenvalue weighted by Gasteiger charge is 2.19. The molecule has 0 fully saturated rings. The summed E-state index contributed by atoms with van der Waals surface area (Å²) in [4.78, 5) is 39.5. The molecular weight excluding hydrogens is 438 g/mol. The van der Waals surface area contributed by atoms with Crippen molar-refractivity contribution < 1.29 is 24.2 Å². The maximum absolute atomic E-state index is 12.4. The normalized spacial score (nSPS) is 11.5. The molecule has 0 saturated heterocycles. The summed E-state index contributed by atoms with van der Waals surface area (Å²) >= 11 is 0. The molecule has 10 nitrogen and oxygen atoms in total. The Balaban J connectivity index is 1.42. The average Bonchev–Trinajstić information content (AvgIpc) is 3.23. The molecule has 1 atom stereocenters. The van der Waals surface area contributed by atoms with Crippen LogP contribution in [0.2, 0.25) is 0 Å². The third-order valence-electron chi connectivity index (χ3n) is 5.01. The van der Waals surface area contributed by atoms with Crippen LogP contribution in [-0.2, 0) is 11.2 Å². The number of rotatable bonds is 7. The molecule has 0 radical (unpaired) electrons. The van der Waals surface area contributed by atoms with Crippen LogP contribution in [0.15, 0.2) is 79.1 Å². The smallest absolute Gasteiger partial charge is 0.415 e. The van der Waals surface area contributed by atoms with E-state index in [1.807, 2.05) is 30.3 Å². The van der Waals surface area contributed by atoms with Crippen LogP contribution in [0.3, 0.4) is 0 Å². The van der Waals surface area contributed by atoms with Crippen molar-refractivity contribution in [1.29, 1.82) is 0 Å². The van der Waals surface area contributed by atoms with Gasteiger partial charge in [-0.1, -0.05) is 30.3 Å². The fourth-order valence-corrected chi connectivity index (χ4v) is 3.41. The topological polar surface area (TPSA) is 149 Å². The molecule has 4 rings (SSSR count). The zero-order valence-electron chi connectivity index (χ0n) is 17.8. The van der Waals surface area contributed by atoms with Gasteiger partial charge in [0.2, 0.25) is 5.91 Å². The number of carbonyl (C=O) groups is 3. The van der Waals surface area contributed by atoms with E-state index in [1.165, 1.54) is 18.5 Å². The van der Waals surface area contributed by atoms with Gasteiger partial charge in [0.1, 0.15) is 23.4 Å². The molecule has 0 unspecified atom stereocenters. The Labute approximate surface area is 194 Å². The lowest BCUT2D eigenvalue weighted by Crippen LogP contribution is -2.47. The number of pyridine rings is 1. The summed E-state index contributed by atoms with van der Waals surface area (Å²) in [5.74, 6) is 0.430. The van der Waals surface area contributed by atoms with Gasteiger partial charge in [-0.05, 0) is 35.9 Å². The number of fused-ring (bicyclic) bond motifs is 1. The van der Waals surface area contributed by atoms with Gasteiger partial charge in [0.05, 0.1) is 5.52 Å². The Hall–Kier alpha value is -4.86. The van der Waals surface area contributed by atoms with Crippen molar-refractivity contribution in [1.82, 2.24) is 14.9 Å². The minimum absolute atomic E-state index is 0.205. The van der Waals surface area contributed by atoms with Crippen LogP contribution in [0.25, 0.3) is 10.9 Å². The van der Waals surface area contributed by atoms with Crippen LogP contribution in [-0.4, -0.2) is 38.7 Å². The van der Waals surface area contributed by atoms with Crippen LogP contribution in [0.1, 0.15) is 5.56 Å². The molecular formula is C24H21N5O5. The van der Waals surface area contributed by atoms with Gasteiger partial charge in [-0.15, -0.1) is 0 Å². The number of amides is 3. The van der Waals surface area contributed by atoms with Crippen LogP contribution >= 0.6 is 0 Å². The highest BCUT2D eigenvalue weighted by atomic mass is 16.5. The van der Waals surface area contributed by atoms with Gasteiger partial charge in [-0.25, -0.2) is 14.6 Å². The van der Waals surface area contributed by atoms with Crippen molar-refractivity contribution >= 4 is 34.8 Å². The number of benzene rings is 2. The second-order valence-corrected chi connectivity index (χ2v) is 7.41. The molecule has 0 aliphatic carbocycles. The molecule has 0 saturated carbocycles. The highest BCUT2D eigenvalue weighted by Crippen LogP contribution is 2.27. The zero-order valence-corrected chi connectivity index (χ0v) is 17.8. The third-order valence-corrected chi connectivity index (χ3v) is 5.01. The summed E-state index contributed by atoms with van der Waals surface area (Å²) in [5, 5.41) is 15.0. The number of hydrogen-bond acceptors (Lipinski definition) is 5. The summed E-state index contributed by atoms with van der Waals surface area (Å²) in [6.07, 6.45) is 2.10. The fraction of sp³-hybridized carbons (Fsp3) is 0.0833. The molecule has 0 aliphatic heterocycles. The number of ether oxygens (including phenoxy) is 1. The second kappa shape index (κ2) is 9.74. The monoisotopic (exact) mass is 459 g/mol. The van der Waals surface area contributed by atoms with Crippen LogP contribution in [0.4, 0.5) is 15.4 Å². The van der Waals surface area contributed by atoms with Gasteiger partial charge in [-0.3, -0.25) is 14.7 Å². The summed E-state index contributed by atoms with van der Waals surface area (Å²) in [6, 6.07) is 17.5. The number of nitrogens with one attached hydrogen (secondary N) is 2. The van der Waals surface area contributed by atoms with E-state index >= 15 is 0 Å². The number of nitrogens with zero attached hydrogens (tertiary/aromatic N) is 2. The number of aromatic nitrogens is 2. The Bertz CT molecular complexity index is 1350. The van der Waals surface area contributed by atoms with Gasteiger partial charge in [0.25, 0.3) is 0 Å². The number of nitrogens with two attached hydrogens (primary N) is 1. The first kappa shape index (κ1) is 22.3. The fourth-order valence-electron chi connectivity index (χ4n) is 3.41. The maximum atomic E-state index is 12.4. The van der Waals surface area contributed by atoms with E-state index in [1.54, 1.807) is 30.3 Å². The quantitative estimate of drug-likeness (QED) is 0.332. The molecule has 5 N–H and O–H groups in total. The van der Waals surface area contributed by atoms with Crippen molar-refractivity contribution in [3.63, 3.8) is 0 Å². The predicted octanol–water partition coefficient (Wildman–Crippen LogP) is 3.57. The molecule has 0 bridgehead atoms. The standard InChI is InChI=1S/C24H21N5O5/c25-22(30)19(12-15-4-2-1-3-5-15)27-23(31)28-21-14-18(8-10-26-21)34-17-6-7-20-16(13-17)9-11-29(20)24(32)33/h1-11,13-14,19H,12H2,(H2,25,30)(H,32,33)(H2,26,27,28,31)/t19-/m0/s1. The van der Waals surface area contributed by atoms with Crippen molar-refractivity contribution in [2.75, 3.05) is 5.32 Å². The van der Waals surface area contributed by atoms with E-state index in [2.05, 4.69) is 15.6 Å². The van der Waals surface area contributed by atoms with Gasteiger partial charge in [0.15, 0.2) is 0 Å². The molecule has 3 amide bonds. The summed E-state index contributed by atoms with van der Waals surface area (Å²) in [6.45, 7) is 0. The lowest BCUT2D eigenvalue weighted by molar-refractivity contribution is -0.119. The molecule has 34 heavy (non-hydrogen) atoms. The molecule has 2 aromatic heterocycles. The first-order valence-corrected chi connectivity index (χ1v) is 10.3. The van der Waals surface area contributed by atoms with E-state index in [4.69, 9.17) is 10.5 Å². The highest BCUT2D eigenvalue weighted by molar-refractivity contribution is 5.93. The Kier molecular flexibility index (Phi) is 6.40. The molecule has 2 heterocycles. The molecule has 2 aromatic carbocycles. The van der Waals surface area contributed by atoms with Crippen LogP contribution in [0.5, 0.6) is 11.5 Å². The summed E-state index contributed by atoms with van der Waals surface area (Å²) < 4.78 is 6.95. The van der Waals surface area contributed by atoms with Crippen molar-refractivity contribution in [3.05, 3.63) is 84.7 Å². The van der Waals surface area contributed by atoms with Crippen LogP contribution in [0, 0.1) is 0 Å². The number of urea groups is 1. The van der Waals surface area contributed by atoms with Gasteiger partial charge in [0, 0.05) is 30.3 Å². The van der Waals surface area contributed by atoms with Gasteiger partial charge in [-0.2, -0.15) is 0 Å². The Morgan fingerprint density at radius 1 is 1.03 bits per heavy atom. The van der Waals surface area contributed by atoms with E-state index in [9.17, 15) is 19.5 Å². The Morgan fingerprint density at radius 2 is 1.79 bits per heavy atom. The Morgan fingerprint density at radius 3 is 2.53 bits per heavy atom. The van der Waals surface area contributed by atoms with E-state index in [-0.39, 0.29) is 12.2 Å². The molecule has 0 spiro atoms. The minimum atomic E-state index is -1.07. The number of anilines is 1. The van der Waals surface area contributed by atoms with Crippen molar-refractivity contribution in [3.8, 4) is 11.5 Å². The molecule has 172 valence electrons. The van der Waals surface area contributed by atoms with E-state index in [0.717, 1.165) is 10.1 Å². The van der Waals surface area contributed by atoms with Gasteiger partial charge < -0.3 is 20.9 Å².